The summed E-state index contributed by atoms with van der Waals surface area (Å²) in [6, 6.07) is 6.27. The first-order chi connectivity index (χ1) is 8.22. The van der Waals surface area contributed by atoms with Gasteiger partial charge in [-0.1, -0.05) is 47.5 Å². The van der Waals surface area contributed by atoms with Crippen LogP contribution in [0.15, 0.2) is 35.2 Å². The maximum Gasteiger partial charge on any atom is 0.0591 e. The molecule has 0 aliphatic rings. The number of thiophene rings is 1. The van der Waals surface area contributed by atoms with Gasteiger partial charge in [0.05, 0.1) is 5.02 Å². The van der Waals surface area contributed by atoms with Crippen molar-refractivity contribution in [3.8, 4) is 0 Å². The van der Waals surface area contributed by atoms with E-state index in [0.717, 1.165) is 23.5 Å². The number of benzene rings is 1. The second kappa shape index (κ2) is 5.87. The molecule has 0 atom stereocenters. The van der Waals surface area contributed by atoms with Gasteiger partial charge < -0.3 is 0 Å². The lowest BCUT2D eigenvalue weighted by molar-refractivity contribution is 0.365. The molecule has 90 valence electrons. The van der Waals surface area contributed by atoms with E-state index in [0.29, 0.717) is 0 Å². The van der Waals surface area contributed by atoms with Crippen LogP contribution in [0.3, 0.4) is 0 Å². The van der Waals surface area contributed by atoms with Crippen molar-refractivity contribution in [1.29, 1.82) is 0 Å². The zero-order chi connectivity index (χ0) is 12.3. The van der Waals surface area contributed by atoms with Crippen molar-refractivity contribution in [2.45, 2.75) is 6.54 Å². The van der Waals surface area contributed by atoms with Crippen molar-refractivity contribution in [2.24, 2.45) is 0 Å². The molecule has 0 aliphatic carbocycles. The SMILES string of the molecule is CN(C/C=C/Cl)Cc1cccc2c(Cl)csc12. The summed E-state index contributed by atoms with van der Waals surface area (Å²) in [5, 5.41) is 3.99. The first kappa shape index (κ1) is 12.9. The van der Waals surface area contributed by atoms with Gasteiger partial charge in [-0.3, -0.25) is 4.90 Å². The van der Waals surface area contributed by atoms with E-state index in [4.69, 9.17) is 23.2 Å². The fourth-order valence-corrected chi connectivity index (χ4v) is 3.15. The summed E-state index contributed by atoms with van der Waals surface area (Å²) < 4.78 is 1.28. The minimum Gasteiger partial charge on any atom is -0.298 e. The molecule has 0 saturated carbocycles. The van der Waals surface area contributed by atoms with Gasteiger partial charge in [-0.15, -0.1) is 11.3 Å². The molecule has 17 heavy (non-hydrogen) atoms. The molecule has 1 aromatic carbocycles. The van der Waals surface area contributed by atoms with Gasteiger partial charge in [0.15, 0.2) is 0 Å². The number of rotatable bonds is 4. The summed E-state index contributed by atoms with van der Waals surface area (Å²) in [7, 11) is 2.07. The van der Waals surface area contributed by atoms with E-state index in [2.05, 4.69) is 30.1 Å². The average Bonchev–Trinajstić information content (AvgIpc) is 2.70. The molecule has 1 heterocycles. The smallest absolute Gasteiger partial charge is 0.0591 e. The standard InChI is InChI=1S/C13H13Cl2NS/c1-16(7-3-6-14)8-10-4-2-5-11-12(15)9-17-13(10)11/h2-6,9H,7-8H2,1H3/b6-3+. The van der Waals surface area contributed by atoms with Crippen LogP contribution in [0.5, 0.6) is 0 Å². The predicted octanol–water partition coefficient (Wildman–Crippen LogP) is 4.74. The van der Waals surface area contributed by atoms with Gasteiger partial charge >= 0.3 is 0 Å². The average molecular weight is 286 g/mol. The molecule has 0 aliphatic heterocycles. The number of halogens is 2. The highest BCUT2D eigenvalue weighted by Gasteiger charge is 2.07. The first-order valence-corrected chi connectivity index (χ1v) is 7.00. The zero-order valence-corrected chi connectivity index (χ0v) is 11.8. The quantitative estimate of drug-likeness (QED) is 0.784. The van der Waals surface area contributed by atoms with E-state index in [1.165, 1.54) is 10.3 Å². The molecule has 0 fully saturated rings. The lowest BCUT2D eigenvalue weighted by atomic mass is 10.1. The maximum atomic E-state index is 6.13. The summed E-state index contributed by atoms with van der Waals surface area (Å²) in [6.45, 7) is 1.74. The second-order valence-corrected chi connectivity index (χ2v) is 5.47. The summed E-state index contributed by atoms with van der Waals surface area (Å²) in [5.41, 5.74) is 2.86. The molecule has 4 heteroatoms. The van der Waals surface area contributed by atoms with Crippen LogP contribution in [0.2, 0.25) is 5.02 Å². The van der Waals surface area contributed by atoms with Crippen molar-refractivity contribution in [3.05, 3.63) is 45.8 Å². The Morgan fingerprint density at radius 1 is 1.41 bits per heavy atom. The van der Waals surface area contributed by atoms with Gasteiger partial charge in [-0.2, -0.15) is 0 Å². The first-order valence-electron chi connectivity index (χ1n) is 5.30. The van der Waals surface area contributed by atoms with Crippen molar-refractivity contribution in [2.75, 3.05) is 13.6 Å². The molecular formula is C13H13Cl2NS. The number of nitrogens with zero attached hydrogens (tertiary/aromatic N) is 1. The lowest BCUT2D eigenvalue weighted by Gasteiger charge is -2.14. The van der Waals surface area contributed by atoms with Crippen LogP contribution in [-0.2, 0) is 6.54 Å². The van der Waals surface area contributed by atoms with Crippen molar-refractivity contribution in [1.82, 2.24) is 4.90 Å². The van der Waals surface area contributed by atoms with E-state index in [-0.39, 0.29) is 0 Å². The van der Waals surface area contributed by atoms with Gasteiger partial charge in [0.2, 0.25) is 0 Å². The fraction of sp³-hybridized carbons (Fsp3) is 0.231. The molecule has 2 rings (SSSR count). The van der Waals surface area contributed by atoms with Crippen LogP contribution in [0.1, 0.15) is 5.56 Å². The van der Waals surface area contributed by atoms with Crippen LogP contribution >= 0.6 is 34.5 Å². The maximum absolute atomic E-state index is 6.13. The number of fused-ring (bicyclic) bond motifs is 1. The summed E-state index contributed by atoms with van der Waals surface area (Å²) in [4.78, 5) is 2.21. The van der Waals surface area contributed by atoms with E-state index in [9.17, 15) is 0 Å². The third-order valence-corrected chi connectivity index (χ3v) is 4.27. The molecule has 1 aromatic heterocycles. The molecule has 1 nitrogen and oxygen atoms in total. The van der Waals surface area contributed by atoms with E-state index in [1.807, 2.05) is 11.5 Å². The minimum absolute atomic E-state index is 0.843. The third-order valence-electron chi connectivity index (χ3n) is 2.58. The highest BCUT2D eigenvalue weighted by Crippen LogP contribution is 2.32. The fourth-order valence-electron chi connectivity index (χ4n) is 1.79. The largest absolute Gasteiger partial charge is 0.298 e. The second-order valence-electron chi connectivity index (χ2n) is 3.94. The van der Waals surface area contributed by atoms with Gasteiger partial charge in [0, 0.05) is 34.1 Å². The molecule has 0 bridgehead atoms. The number of likely N-dealkylation sites (N-methyl/N-ethyl adjacent to an activating group) is 1. The summed E-state index contributed by atoms with van der Waals surface area (Å²) >= 11 is 13.4. The van der Waals surface area contributed by atoms with Gasteiger partial charge in [-0.25, -0.2) is 0 Å². The van der Waals surface area contributed by atoms with Gasteiger partial charge in [0.1, 0.15) is 0 Å². The number of hydrogen-bond donors (Lipinski definition) is 0. The third kappa shape index (κ3) is 3.02. The number of hydrogen-bond acceptors (Lipinski definition) is 2. The lowest BCUT2D eigenvalue weighted by Crippen LogP contribution is -2.17. The van der Waals surface area contributed by atoms with Crippen LogP contribution in [-0.4, -0.2) is 18.5 Å². The van der Waals surface area contributed by atoms with Gasteiger partial charge in [0.25, 0.3) is 0 Å². The van der Waals surface area contributed by atoms with E-state index >= 15 is 0 Å². The molecular weight excluding hydrogens is 273 g/mol. The Balaban J connectivity index is 2.23. The molecule has 2 aromatic rings. The van der Waals surface area contributed by atoms with Crippen LogP contribution in [0, 0.1) is 0 Å². The molecule has 0 N–H and O–H groups in total. The Morgan fingerprint density at radius 2 is 2.24 bits per heavy atom. The highest BCUT2D eigenvalue weighted by atomic mass is 35.5. The Bertz CT molecular complexity index is 533. The Kier molecular flexibility index (Phi) is 4.46. The molecule has 0 unspecified atom stereocenters. The highest BCUT2D eigenvalue weighted by molar-refractivity contribution is 7.18. The molecule has 0 radical (unpaired) electrons. The normalized spacial score (nSPS) is 12.0. The Labute approximate surface area is 115 Å². The van der Waals surface area contributed by atoms with Crippen LogP contribution in [0.25, 0.3) is 10.1 Å². The molecule has 0 amide bonds. The minimum atomic E-state index is 0.843. The van der Waals surface area contributed by atoms with E-state index in [1.54, 1.807) is 16.9 Å². The van der Waals surface area contributed by atoms with Crippen molar-refractivity contribution in [3.63, 3.8) is 0 Å². The van der Waals surface area contributed by atoms with E-state index < -0.39 is 0 Å². The van der Waals surface area contributed by atoms with Crippen LogP contribution < -0.4 is 0 Å². The topological polar surface area (TPSA) is 3.24 Å². The van der Waals surface area contributed by atoms with Crippen molar-refractivity contribution < 1.29 is 0 Å². The van der Waals surface area contributed by atoms with Gasteiger partial charge in [-0.05, 0) is 12.6 Å². The molecule has 0 spiro atoms. The predicted molar refractivity (Wildman–Crippen MR) is 78.2 cm³/mol. The summed E-state index contributed by atoms with van der Waals surface area (Å²) in [5.74, 6) is 0. The Hall–Kier alpha value is -0.540. The molecule has 0 saturated heterocycles. The Morgan fingerprint density at radius 3 is 3.00 bits per heavy atom. The van der Waals surface area contributed by atoms with Crippen molar-refractivity contribution >= 4 is 44.6 Å². The monoisotopic (exact) mass is 285 g/mol. The summed E-state index contributed by atoms with van der Waals surface area (Å²) in [6.07, 6.45) is 1.93. The zero-order valence-electron chi connectivity index (χ0n) is 9.49. The van der Waals surface area contributed by atoms with Crippen LogP contribution in [0.4, 0.5) is 0 Å².